The van der Waals surface area contributed by atoms with E-state index in [0.717, 1.165) is 11.1 Å². The zero-order valence-corrected chi connectivity index (χ0v) is 12.1. The van der Waals surface area contributed by atoms with Crippen LogP contribution in [0.15, 0.2) is 54.6 Å². The Morgan fingerprint density at radius 3 is 2.45 bits per heavy atom. The summed E-state index contributed by atoms with van der Waals surface area (Å²) >= 11 is 0. The molecule has 0 fully saturated rings. The number of halogens is 1. The third-order valence-corrected chi connectivity index (χ3v) is 3.16. The average molecular weight is 299 g/mol. The van der Waals surface area contributed by atoms with E-state index in [-0.39, 0.29) is 23.9 Å². The van der Waals surface area contributed by atoms with Crippen molar-refractivity contribution in [2.75, 3.05) is 6.54 Å². The van der Waals surface area contributed by atoms with E-state index in [1.807, 2.05) is 12.1 Å². The molecule has 2 N–H and O–H groups in total. The maximum absolute atomic E-state index is 12.7. The van der Waals surface area contributed by atoms with E-state index in [9.17, 15) is 14.3 Å². The second-order valence-corrected chi connectivity index (χ2v) is 4.92. The second-order valence-electron chi connectivity index (χ2n) is 4.92. The van der Waals surface area contributed by atoms with Crippen LogP contribution in [0.1, 0.15) is 17.5 Å². The minimum atomic E-state index is -0.274. The van der Waals surface area contributed by atoms with Crippen molar-refractivity contribution in [2.45, 2.75) is 12.8 Å². The van der Waals surface area contributed by atoms with Gasteiger partial charge < -0.3 is 10.4 Å². The van der Waals surface area contributed by atoms with Gasteiger partial charge in [0.1, 0.15) is 11.6 Å². The van der Waals surface area contributed by atoms with Gasteiger partial charge in [-0.3, -0.25) is 4.79 Å². The lowest BCUT2D eigenvalue weighted by molar-refractivity contribution is -0.120. The first kappa shape index (κ1) is 15.8. The molecule has 3 nitrogen and oxygen atoms in total. The second kappa shape index (κ2) is 7.98. The van der Waals surface area contributed by atoms with E-state index < -0.39 is 0 Å². The molecule has 0 aromatic heterocycles. The molecule has 2 rings (SSSR count). The van der Waals surface area contributed by atoms with Gasteiger partial charge in [-0.2, -0.15) is 0 Å². The van der Waals surface area contributed by atoms with Crippen LogP contribution in [0.5, 0.6) is 5.75 Å². The standard InChI is InChI=1S/C18H18FNO2/c19-16-8-4-14(5-9-16)2-1-3-18(22)20-13-12-15-6-10-17(21)11-7-15/h1-2,4-11,21H,3,12-13H2,(H,20,22). The monoisotopic (exact) mass is 299 g/mol. The molecule has 0 atom stereocenters. The van der Waals surface area contributed by atoms with Crippen molar-refractivity contribution in [1.82, 2.24) is 5.32 Å². The number of hydrogen-bond donors (Lipinski definition) is 2. The highest BCUT2D eigenvalue weighted by molar-refractivity contribution is 5.78. The maximum atomic E-state index is 12.7. The fourth-order valence-electron chi connectivity index (χ4n) is 1.96. The highest BCUT2D eigenvalue weighted by Crippen LogP contribution is 2.09. The number of aromatic hydroxyl groups is 1. The molecule has 0 aliphatic carbocycles. The minimum absolute atomic E-state index is 0.0582. The Morgan fingerprint density at radius 1 is 1.09 bits per heavy atom. The number of phenols is 1. The first-order valence-electron chi connectivity index (χ1n) is 7.10. The summed E-state index contributed by atoms with van der Waals surface area (Å²) < 4.78 is 12.7. The fraction of sp³-hybridized carbons (Fsp3) is 0.167. The molecular weight excluding hydrogens is 281 g/mol. The molecule has 1 amide bonds. The van der Waals surface area contributed by atoms with Crippen molar-refractivity contribution < 1.29 is 14.3 Å². The molecule has 114 valence electrons. The molecule has 0 heterocycles. The highest BCUT2D eigenvalue weighted by Gasteiger charge is 1.99. The molecule has 0 spiro atoms. The topological polar surface area (TPSA) is 49.3 Å². The Labute approximate surface area is 129 Å². The van der Waals surface area contributed by atoms with Gasteiger partial charge in [-0.1, -0.05) is 36.4 Å². The summed E-state index contributed by atoms with van der Waals surface area (Å²) in [6.07, 6.45) is 4.54. The van der Waals surface area contributed by atoms with Crippen molar-refractivity contribution in [3.63, 3.8) is 0 Å². The van der Waals surface area contributed by atoms with Crippen LogP contribution in [-0.2, 0) is 11.2 Å². The molecule has 0 radical (unpaired) electrons. The molecule has 4 heteroatoms. The third-order valence-electron chi connectivity index (χ3n) is 3.16. The lowest BCUT2D eigenvalue weighted by atomic mass is 10.1. The van der Waals surface area contributed by atoms with Crippen molar-refractivity contribution in [3.8, 4) is 5.75 Å². The predicted molar refractivity (Wildman–Crippen MR) is 84.9 cm³/mol. The van der Waals surface area contributed by atoms with E-state index in [1.165, 1.54) is 12.1 Å². The number of hydrogen-bond acceptors (Lipinski definition) is 2. The first-order chi connectivity index (χ1) is 10.6. The van der Waals surface area contributed by atoms with E-state index in [2.05, 4.69) is 5.32 Å². The molecule has 2 aromatic rings. The largest absolute Gasteiger partial charge is 0.508 e. The number of carbonyl (C=O) groups is 1. The van der Waals surface area contributed by atoms with Crippen LogP contribution < -0.4 is 5.32 Å². The Morgan fingerprint density at radius 2 is 1.77 bits per heavy atom. The van der Waals surface area contributed by atoms with Gasteiger partial charge in [0, 0.05) is 13.0 Å². The maximum Gasteiger partial charge on any atom is 0.223 e. The summed E-state index contributed by atoms with van der Waals surface area (Å²) in [7, 11) is 0. The predicted octanol–water partition coefficient (Wildman–Crippen LogP) is 3.29. The van der Waals surface area contributed by atoms with E-state index in [0.29, 0.717) is 13.0 Å². The number of nitrogens with one attached hydrogen (secondary N) is 1. The van der Waals surface area contributed by atoms with Crippen LogP contribution in [0.3, 0.4) is 0 Å². The molecule has 0 unspecified atom stereocenters. The summed E-state index contributed by atoms with van der Waals surface area (Å²) in [4.78, 5) is 11.7. The normalized spacial score (nSPS) is 10.8. The molecule has 0 aliphatic heterocycles. The number of carbonyl (C=O) groups excluding carboxylic acids is 1. The van der Waals surface area contributed by atoms with Gasteiger partial charge in [-0.15, -0.1) is 0 Å². The van der Waals surface area contributed by atoms with E-state index in [1.54, 1.807) is 36.4 Å². The number of rotatable bonds is 6. The smallest absolute Gasteiger partial charge is 0.223 e. The SMILES string of the molecule is O=C(CC=Cc1ccc(F)cc1)NCCc1ccc(O)cc1. The zero-order chi connectivity index (χ0) is 15.8. The molecule has 0 aliphatic rings. The molecule has 0 saturated heterocycles. The van der Waals surface area contributed by atoms with E-state index in [4.69, 9.17) is 0 Å². The molecular formula is C18H18FNO2. The summed E-state index contributed by atoms with van der Waals surface area (Å²) in [6.45, 7) is 0.550. The lowest BCUT2D eigenvalue weighted by Crippen LogP contribution is -2.24. The zero-order valence-electron chi connectivity index (χ0n) is 12.1. The van der Waals surface area contributed by atoms with Crippen LogP contribution in [0.4, 0.5) is 4.39 Å². The van der Waals surface area contributed by atoms with Crippen molar-refractivity contribution in [3.05, 3.63) is 71.6 Å². The Balaban J connectivity index is 1.69. The van der Waals surface area contributed by atoms with Gasteiger partial charge in [0.05, 0.1) is 0 Å². The molecule has 0 bridgehead atoms. The summed E-state index contributed by atoms with van der Waals surface area (Å²) in [5.41, 5.74) is 1.92. The van der Waals surface area contributed by atoms with Crippen LogP contribution in [0.25, 0.3) is 6.08 Å². The van der Waals surface area contributed by atoms with Crippen LogP contribution in [0.2, 0.25) is 0 Å². The van der Waals surface area contributed by atoms with Gasteiger partial charge in [0.25, 0.3) is 0 Å². The average Bonchev–Trinajstić information content (AvgIpc) is 2.51. The van der Waals surface area contributed by atoms with Gasteiger partial charge in [0.2, 0.25) is 5.91 Å². The number of benzene rings is 2. The Hall–Kier alpha value is -2.62. The van der Waals surface area contributed by atoms with Crippen LogP contribution in [-0.4, -0.2) is 17.6 Å². The first-order valence-corrected chi connectivity index (χ1v) is 7.10. The minimum Gasteiger partial charge on any atom is -0.508 e. The summed E-state index contributed by atoms with van der Waals surface area (Å²) in [6, 6.07) is 13.0. The van der Waals surface area contributed by atoms with Gasteiger partial charge in [-0.25, -0.2) is 4.39 Å². The highest BCUT2D eigenvalue weighted by atomic mass is 19.1. The third kappa shape index (κ3) is 5.40. The molecule has 22 heavy (non-hydrogen) atoms. The van der Waals surface area contributed by atoms with Gasteiger partial charge >= 0.3 is 0 Å². The lowest BCUT2D eigenvalue weighted by Gasteiger charge is -2.04. The number of phenolic OH excluding ortho intramolecular Hbond substituents is 1. The summed E-state index contributed by atoms with van der Waals surface area (Å²) in [5.74, 6) is -0.0972. The van der Waals surface area contributed by atoms with Crippen molar-refractivity contribution in [1.29, 1.82) is 0 Å². The molecule has 0 saturated carbocycles. The number of amides is 1. The Bertz CT molecular complexity index is 633. The van der Waals surface area contributed by atoms with Crippen LogP contribution >= 0.6 is 0 Å². The van der Waals surface area contributed by atoms with E-state index >= 15 is 0 Å². The Kier molecular flexibility index (Phi) is 5.72. The summed E-state index contributed by atoms with van der Waals surface area (Å²) in [5, 5.41) is 12.0. The van der Waals surface area contributed by atoms with Crippen molar-refractivity contribution >= 4 is 12.0 Å². The van der Waals surface area contributed by atoms with Crippen molar-refractivity contribution in [2.24, 2.45) is 0 Å². The van der Waals surface area contributed by atoms with Gasteiger partial charge in [-0.05, 0) is 41.8 Å². The van der Waals surface area contributed by atoms with Gasteiger partial charge in [0.15, 0.2) is 0 Å². The molecule has 2 aromatic carbocycles. The quantitative estimate of drug-likeness (QED) is 0.860. The van der Waals surface area contributed by atoms with Crippen LogP contribution in [0, 0.1) is 5.82 Å². The fourth-order valence-corrected chi connectivity index (χ4v) is 1.96.